The van der Waals surface area contributed by atoms with E-state index in [-0.39, 0.29) is 5.78 Å². The van der Waals surface area contributed by atoms with Crippen molar-refractivity contribution in [3.8, 4) is 0 Å². The molecule has 1 unspecified atom stereocenters. The molecular formula is C10H7IO3. The molecule has 0 aromatic rings. The zero-order chi connectivity index (χ0) is 10.5. The molecule has 2 aliphatic rings. The van der Waals surface area contributed by atoms with E-state index >= 15 is 0 Å². The van der Waals surface area contributed by atoms with Crippen LogP contribution < -0.4 is 0 Å². The Hall–Kier alpha value is -0.910. The highest BCUT2D eigenvalue weighted by molar-refractivity contribution is 14.1. The van der Waals surface area contributed by atoms with Crippen molar-refractivity contribution in [2.24, 2.45) is 5.41 Å². The van der Waals surface area contributed by atoms with Crippen LogP contribution in [0.25, 0.3) is 0 Å². The largest absolute Gasteiger partial charge is 0.480 e. The number of Topliss-reactive ketones (excluding diaryl/α,β-unsaturated/α-hetero) is 1. The third kappa shape index (κ3) is 0.867. The van der Waals surface area contributed by atoms with Gasteiger partial charge in [-0.1, -0.05) is 12.2 Å². The second kappa shape index (κ2) is 2.79. The Morgan fingerprint density at radius 2 is 2.07 bits per heavy atom. The van der Waals surface area contributed by atoms with E-state index < -0.39 is 11.4 Å². The van der Waals surface area contributed by atoms with E-state index in [1.165, 1.54) is 6.92 Å². The minimum absolute atomic E-state index is 0.331. The maximum Gasteiger partial charge on any atom is 0.326 e. The van der Waals surface area contributed by atoms with Gasteiger partial charge in [-0.25, -0.2) is 0 Å². The lowest BCUT2D eigenvalue weighted by Gasteiger charge is -2.21. The molecule has 2 rings (SSSR count). The molecule has 0 heterocycles. The predicted octanol–water partition coefficient (Wildman–Crippen LogP) is 1.85. The van der Waals surface area contributed by atoms with Crippen LogP contribution in [-0.4, -0.2) is 16.9 Å². The summed E-state index contributed by atoms with van der Waals surface area (Å²) in [6.45, 7) is 1.32. The van der Waals surface area contributed by atoms with Crippen LogP contribution in [0.5, 0.6) is 0 Å². The number of ketones is 1. The Bertz CT molecular complexity index is 426. The van der Waals surface area contributed by atoms with Crippen molar-refractivity contribution >= 4 is 34.3 Å². The highest BCUT2D eigenvalue weighted by atomic mass is 127. The summed E-state index contributed by atoms with van der Waals surface area (Å²) in [6.07, 6.45) is 5.17. The van der Waals surface area contributed by atoms with Crippen molar-refractivity contribution < 1.29 is 14.7 Å². The van der Waals surface area contributed by atoms with E-state index in [4.69, 9.17) is 0 Å². The van der Waals surface area contributed by atoms with Gasteiger partial charge in [0.1, 0.15) is 0 Å². The first kappa shape index (κ1) is 9.64. The van der Waals surface area contributed by atoms with Crippen molar-refractivity contribution in [2.75, 3.05) is 0 Å². The predicted molar refractivity (Wildman–Crippen MR) is 59.0 cm³/mol. The average molecular weight is 302 g/mol. The normalized spacial score (nSPS) is 28.3. The van der Waals surface area contributed by atoms with Gasteiger partial charge >= 0.3 is 5.97 Å². The van der Waals surface area contributed by atoms with Crippen molar-refractivity contribution in [3.63, 3.8) is 0 Å². The Morgan fingerprint density at radius 3 is 2.29 bits per heavy atom. The first-order chi connectivity index (χ1) is 6.51. The molecule has 0 saturated carbocycles. The number of hydrogen-bond donors (Lipinski definition) is 1. The van der Waals surface area contributed by atoms with E-state index in [1.807, 2.05) is 0 Å². The van der Waals surface area contributed by atoms with Gasteiger partial charge in [0.25, 0.3) is 0 Å². The van der Waals surface area contributed by atoms with E-state index in [2.05, 4.69) is 22.6 Å². The minimum Gasteiger partial charge on any atom is -0.480 e. The Morgan fingerprint density at radius 1 is 1.43 bits per heavy atom. The van der Waals surface area contributed by atoms with Crippen LogP contribution >= 0.6 is 22.6 Å². The lowest BCUT2D eigenvalue weighted by molar-refractivity contribution is -0.148. The number of rotatable bonds is 2. The number of carbonyl (C=O) groups is 2. The number of fused-ring (bicyclic) bond motifs is 2. The van der Waals surface area contributed by atoms with Gasteiger partial charge in [-0.05, 0) is 46.7 Å². The van der Waals surface area contributed by atoms with Crippen molar-refractivity contribution in [2.45, 2.75) is 6.92 Å². The fourth-order valence-corrected chi connectivity index (χ4v) is 2.91. The number of carboxylic acid groups (broad SMARTS) is 1. The topological polar surface area (TPSA) is 54.4 Å². The molecule has 2 bridgehead atoms. The number of aliphatic carboxylic acids is 1. The Labute approximate surface area is 94.3 Å². The maximum atomic E-state index is 11.5. The number of allylic oxidation sites excluding steroid dienone is 4. The molecule has 4 heteroatoms. The van der Waals surface area contributed by atoms with Crippen LogP contribution in [0, 0.1) is 5.41 Å². The lowest BCUT2D eigenvalue weighted by Crippen LogP contribution is -2.37. The van der Waals surface area contributed by atoms with Crippen molar-refractivity contribution in [3.05, 3.63) is 33.0 Å². The second-order valence-electron chi connectivity index (χ2n) is 3.31. The smallest absolute Gasteiger partial charge is 0.326 e. The van der Waals surface area contributed by atoms with Crippen LogP contribution in [-0.2, 0) is 9.59 Å². The summed E-state index contributed by atoms with van der Waals surface area (Å²) in [5.41, 5.74) is -0.221. The number of hydrogen-bond acceptors (Lipinski definition) is 2. The molecule has 2 aliphatic carbocycles. The van der Waals surface area contributed by atoms with Gasteiger partial charge in [-0.2, -0.15) is 0 Å². The third-order valence-corrected chi connectivity index (χ3v) is 3.55. The molecule has 0 amide bonds. The third-order valence-electron chi connectivity index (χ3n) is 2.65. The molecule has 0 spiro atoms. The van der Waals surface area contributed by atoms with Crippen LogP contribution in [0.3, 0.4) is 0 Å². The second-order valence-corrected chi connectivity index (χ2v) is 4.47. The molecule has 0 aromatic carbocycles. The van der Waals surface area contributed by atoms with E-state index in [0.717, 1.165) is 3.58 Å². The van der Waals surface area contributed by atoms with Crippen LogP contribution in [0.1, 0.15) is 6.92 Å². The molecule has 1 N–H and O–H groups in total. The fourth-order valence-electron chi connectivity index (χ4n) is 1.99. The molecular weight excluding hydrogens is 295 g/mol. The molecule has 1 atom stereocenters. The summed E-state index contributed by atoms with van der Waals surface area (Å²) >= 11 is 2.05. The van der Waals surface area contributed by atoms with E-state index in [9.17, 15) is 14.7 Å². The molecule has 0 aromatic heterocycles. The first-order valence-electron chi connectivity index (χ1n) is 4.06. The van der Waals surface area contributed by atoms with E-state index in [0.29, 0.717) is 11.1 Å². The number of carboxylic acids is 1. The van der Waals surface area contributed by atoms with Crippen molar-refractivity contribution in [1.82, 2.24) is 0 Å². The minimum atomic E-state index is -1.41. The van der Waals surface area contributed by atoms with Gasteiger partial charge in [-0.15, -0.1) is 0 Å². The number of halogens is 1. The quantitative estimate of drug-likeness (QED) is 0.625. The zero-order valence-corrected chi connectivity index (χ0v) is 9.53. The fraction of sp³-hybridized carbons (Fsp3) is 0.200. The standard InChI is InChI=1S/C10H7IO3/c1-5(12)10(9(13)14)6-2-3-7(10)8(11)4-6/h2-4H,1H3,(H,13,14). The van der Waals surface area contributed by atoms with Gasteiger partial charge in [0.2, 0.25) is 0 Å². The highest BCUT2D eigenvalue weighted by Gasteiger charge is 2.54. The van der Waals surface area contributed by atoms with Gasteiger partial charge in [0, 0.05) is 3.58 Å². The summed E-state index contributed by atoms with van der Waals surface area (Å²) in [5, 5.41) is 9.19. The number of carbonyl (C=O) groups excluding carboxylic acids is 1. The molecule has 0 fully saturated rings. The zero-order valence-electron chi connectivity index (χ0n) is 7.37. The summed E-state index contributed by atoms with van der Waals surface area (Å²) in [6, 6.07) is 0. The monoisotopic (exact) mass is 302 g/mol. The van der Waals surface area contributed by atoms with Crippen LogP contribution in [0.2, 0.25) is 0 Å². The molecule has 14 heavy (non-hydrogen) atoms. The molecule has 0 aliphatic heterocycles. The summed E-state index contributed by atoms with van der Waals surface area (Å²) in [7, 11) is 0. The van der Waals surface area contributed by atoms with Crippen molar-refractivity contribution in [1.29, 1.82) is 0 Å². The Kier molecular flexibility index (Phi) is 1.92. The SMILES string of the molecule is CC(=O)C1(C(=O)O)C2=CC(I)=C1C=C2. The van der Waals surface area contributed by atoms with Gasteiger partial charge in [0.15, 0.2) is 11.2 Å². The van der Waals surface area contributed by atoms with Gasteiger partial charge in [0.05, 0.1) is 0 Å². The van der Waals surface area contributed by atoms with Crippen LogP contribution in [0.4, 0.5) is 0 Å². The molecule has 72 valence electrons. The first-order valence-corrected chi connectivity index (χ1v) is 5.14. The Balaban J connectivity index is 2.71. The maximum absolute atomic E-state index is 11.5. The summed E-state index contributed by atoms with van der Waals surface area (Å²) in [4.78, 5) is 22.7. The molecule has 0 saturated heterocycles. The van der Waals surface area contributed by atoms with E-state index in [1.54, 1.807) is 18.2 Å². The molecule has 3 nitrogen and oxygen atoms in total. The highest BCUT2D eigenvalue weighted by Crippen LogP contribution is 2.51. The summed E-state index contributed by atoms with van der Waals surface area (Å²) in [5.74, 6) is -1.41. The van der Waals surface area contributed by atoms with Gasteiger partial charge in [-0.3, -0.25) is 9.59 Å². The molecule has 0 radical (unpaired) electrons. The lowest BCUT2D eigenvalue weighted by atomic mass is 9.78. The average Bonchev–Trinajstić information content (AvgIpc) is 2.55. The van der Waals surface area contributed by atoms with Gasteiger partial charge < -0.3 is 5.11 Å². The summed E-state index contributed by atoms with van der Waals surface area (Å²) < 4.78 is 0.845. The van der Waals surface area contributed by atoms with Crippen LogP contribution in [0.15, 0.2) is 33.0 Å².